The standard InChI is InChI=1S/C11H13F2N.C5H11NO3.ClH/c12-10-2-1-9(7-11(10)13)8-3-5-14-6-4-8;7-3-1-6-2-4(8)5(3)9;/h1-2,7-8,14H,3-6H2;3-9H,1-2H2;1H/t;3-,4+,5?;. The van der Waals surface area contributed by atoms with Crippen molar-refractivity contribution in [1.29, 1.82) is 0 Å². The summed E-state index contributed by atoms with van der Waals surface area (Å²) < 4.78 is 25.6. The highest BCUT2D eigenvalue weighted by Gasteiger charge is 2.28. The Kier molecular flexibility index (Phi) is 9.04. The summed E-state index contributed by atoms with van der Waals surface area (Å²) in [5, 5.41) is 32.7. The molecule has 1 aromatic carbocycles. The predicted molar refractivity (Wildman–Crippen MR) is 89.3 cm³/mol. The van der Waals surface area contributed by atoms with Crippen LogP contribution in [0.2, 0.25) is 0 Å². The zero-order valence-electron chi connectivity index (χ0n) is 13.3. The smallest absolute Gasteiger partial charge is 0.159 e. The molecule has 0 bridgehead atoms. The van der Waals surface area contributed by atoms with Gasteiger partial charge in [0.05, 0.1) is 12.2 Å². The van der Waals surface area contributed by atoms with Crippen molar-refractivity contribution in [3.05, 3.63) is 35.4 Å². The lowest BCUT2D eigenvalue weighted by Crippen LogP contribution is -2.53. The summed E-state index contributed by atoms with van der Waals surface area (Å²) in [5.41, 5.74) is 0.922. The number of aliphatic hydroxyl groups excluding tert-OH is 3. The number of benzene rings is 1. The fraction of sp³-hybridized carbons (Fsp3) is 0.625. The molecule has 0 aromatic heterocycles. The van der Waals surface area contributed by atoms with Gasteiger partial charge in [-0.15, -0.1) is 12.4 Å². The molecule has 5 N–H and O–H groups in total. The van der Waals surface area contributed by atoms with Crippen LogP contribution in [0.4, 0.5) is 8.78 Å². The summed E-state index contributed by atoms with van der Waals surface area (Å²) in [6.07, 6.45) is -0.621. The van der Waals surface area contributed by atoms with Crippen molar-refractivity contribution in [1.82, 2.24) is 10.6 Å². The van der Waals surface area contributed by atoms with Gasteiger partial charge in [-0.1, -0.05) is 6.07 Å². The Hall–Kier alpha value is -0.830. The maximum Gasteiger partial charge on any atom is 0.159 e. The molecule has 3 atom stereocenters. The molecule has 2 aliphatic heterocycles. The number of hydrogen-bond donors (Lipinski definition) is 5. The van der Waals surface area contributed by atoms with Crippen LogP contribution in [0.3, 0.4) is 0 Å². The summed E-state index contributed by atoms with van der Waals surface area (Å²) in [7, 11) is 0. The topological polar surface area (TPSA) is 84.8 Å². The van der Waals surface area contributed by atoms with Gasteiger partial charge < -0.3 is 26.0 Å². The molecule has 8 heteroatoms. The Bertz CT molecular complexity index is 494. The Morgan fingerprint density at radius 1 is 0.875 bits per heavy atom. The van der Waals surface area contributed by atoms with Gasteiger partial charge in [0.2, 0.25) is 0 Å². The van der Waals surface area contributed by atoms with Crippen molar-refractivity contribution in [3.8, 4) is 0 Å². The molecule has 1 unspecified atom stereocenters. The molecule has 3 rings (SSSR count). The van der Waals surface area contributed by atoms with E-state index in [1.807, 2.05) is 0 Å². The Morgan fingerprint density at radius 2 is 1.46 bits per heavy atom. The fourth-order valence-electron chi connectivity index (χ4n) is 2.80. The molecule has 2 fully saturated rings. The SMILES string of the molecule is Cl.Fc1ccc(C2CCNCC2)cc1F.OC1[C@H](O)CNC[C@@H]1O. The third-order valence-electron chi connectivity index (χ3n) is 4.25. The molecule has 138 valence electrons. The van der Waals surface area contributed by atoms with Gasteiger partial charge in [0.25, 0.3) is 0 Å². The van der Waals surface area contributed by atoms with Crippen molar-refractivity contribution in [2.45, 2.75) is 37.1 Å². The molecule has 0 saturated carbocycles. The third kappa shape index (κ3) is 5.91. The largest absolute Gasteiger partial charge is 0.389 e. The molecule has 2 heterocycles. The average Bonchev–Trinajstić information content (AvgIpc) is 2.56. The maximum absolute atomic E-state index is 12.9. The fourth-order valence-corrected chi connectivity index (χ4v) is 2.80. The summed E-state index contributed by atoms with van der Waals surface area (Å²) in [5.74, 6) is -1.12. The van der Waals surface area contributed by atoms with E-state index >= 15 is 0 Å². The second-order valence-electron chi connectivity index (χ2n) is 5.98. The first-order valence-corrected chi connectivity index (χ1v) is 7.89. The molecule has 2 aliphatic rings. The lowest BCUT2D eigenvalue weighted by Gasteiger charge is -2.28. The third-order valence-corrected chi connectivity index (χ3v) is 4.25. The first-order chi connectivity index (χ1) is 11.0. The lowest BCUT2D eigenvalue weighted by molar-refractivity contribution is -0.0750. The van der Waals surface area contributed by atoms with Gasteiger partial charge in [0.1, 0.15) is 6.10 Å². The van der Waals surface area contributed by atoms with E-state index in [4.69, 9.17) is 15.3 Å². The number of rotatable bonds is 1. The molecule has 2 saturated heterocycles. The van der Waals surface area contributed by atoms with Crippen molar-refractivity contribution in [2.75, 3.05) is 26.2 Å². The molecule has 0 radical (unpaired) electrons. The van der Waals surface area contributed by atoms with E-state index in [9.17, 15) is 8.78 Å². The Labute approximate surface area is 146 Å². The zero-order chi connectivity index (χ0) is 16.8. The van der Waals surface area contributed by atoms with E-state index in [-0.39, 0.29) is 12.4 Å². The average molecular weight is 367 g/mol. The van der Waals surface area contributed by atoms with Crippen molar-refractivity contribution < 1.29 is 24.1 Å². The number of β-amino-alcohol motifs (C(OH)–C–C–N with tert-alkyl or cyclic N) is 2. The van der Waals surface area contributed by atoms with Crippen molar-refractivity contribution in [3.63, 3.8) is 0 Å². The highest BCUT2D eigenvalue weighted by molar-refractivity contribution is 5.85. The second-order valence-corrected chi connectivity index (χ2v) is 5.98. The zero-order valence-corrected chi connectivity index (χ0v) is 14.1. The van der Waals surface area contributed by atoms with Crippen LogP contribution in [0, 0.1) is 11.6 Å². The van der Waals surface area contributed by atoms with Crippen molar-refractivity contribution in [2.24, 2.45) is 0 Å². The highest BCUT2D eigenvalue weighted by Crippen LogP contribution is 2.26. The van der Waals surface area contributed by atoms with E-state index in [1.54, 1.807) is 6.07 Å². The number of hydrogen-bond acceptors (Lipinski definition) is 5. The monoisotopic (exact) mass is 366 g/mol. The number of nitrogens with one attached hydrogen (secondary N) is 2. The van der Waals surface area contributed by atoms with Gasteiger partial charge in [0.15, 0.2) is 11.6 Å². The van der Waals surface area contributed by atoms with Crippen LogP contribution in [-0.2, 0) is 0 Å². The van der Waals surface area contributed by atoms with E-state index < -0.39 is 29.9 Å². The summed E-state index contributed by atoms with van der Waals surface area (Å²) in [6, 6.07) is 4.23. The van der Waals surface area contributed by atoms with Gasteiger partial charge in [-0.2, -0.15) is 0 Å². The molecule has 0 spiro atoms. The van der Waals surface area contributed by atoms with Gasteiger partial charge in [-0.25, -0.2) is 8.78 Å². The van der Waals surface area contributed by atoms with Crippen LogP contribution in [0.5, 0.6) is 0 Å². The summed E-state index contributed by atoms with van der Waals surface area (Å²) in [4.78, 5) is 0. The van der Waals surface area contributed by atoms with Gasteiger partial charge in [-0.05, 0) is 49.5 Å². The molecule has 0 amide bonds. The maximum atomic E-state index is 12.9. The first kappa shape index (κ1) is 21.2. The summed E-state index contributed by atoms with van der Waals surface area (Å²) >= 11 is 0. The molecule has 0 aliphatic carbocycles. The predicted octanol–water partition coefficient (Wildman–Crippen LogP) is 0.526. The van der Waals surface area contributed by atoms with Crippen LogP contribution in [0.15, 0.2) is 18.2 Å². The Balaban J connectivity index is 0.000000252. The number of piperidine rings is 2. The highest BCUT2D eigenvalue weighted by atomic mass is 35.5. The second kappa shape index (κ2) is 10.2. The Morgan fingerprint density at radius 3 is 1.96 bits per heavy atom. The molecular weight excluding hydrogens is 342 g/mol. The van der Waals surface area contributed by atoms with E-state index in [1.165, 1.54) is 12.1 Å². The van der Waals surface area contributed by atoms with Gasteiger partial charge in [-0.3, -0.25) is 0 Å². The molecular formula is C16H25ClF2N2O3. The lowest BCUT2D eigenvalue weighted by atomic mass is 9.90. The van der Waals surface area contributed by atoms with Crippen LogP contribution < -0.4 is 10.6 Å². The van der Waals surface area contributed by atoms with E-state index in [0.29, 0.717) is 19.0 Å². The van der Waals surface area contributed by atoms with Gasteiger partial charge in [0, 0.05) is 13.1 Å². The molecule has 1 aromatic rings. The van der Waals surface area contributed by atoms with Crippen LogP contribution in [0.25, 0.3) is 0 Å². The van der Waals surface area contributed by atoms with Crippen LogP contribution >= 0.6 is 12.4 Å². The van der Waals surface area contributed by atoms with Gasteiger partial charge >= 0.3 is 0 Å². The minimum atomic E-state index is -0.980. The minimum Gasteiger partial charge on any atom is -0.389 e. The van der Waals surface area contributed by atoms with E-state index in [0.717, 1.165) is 31.5 Å². The molecule has 5 nitrogen and oxygen atoms in total. The van der Waals surface area contributed by atoms with E-state index in [2.05, 4.69) is 10.6 Å². The quantitative estimate of drug-likeness (QED) is 0.500. The summed E-state index contributed by atoms with van der Waals surface area (Å²) in [6.45, 7) is 2.64. The van der Waals surface area contributed by atoms with Crippen LogP contribution in [-0.4, -0.2) is 59.8 Å². The first-order valence-electron chi connectivity index (χ1n) is 7.89. The normalized spacial score (nSPS) is 27.6. The van der Waals surface area contributed by atoms with Crippen LogP contribution in [0.1, 0.15) is 24.3 Å². The molecule has 24 heavy (non-hydrogen) atoms. The number of aliphatic hydroxyl groups is 3. The van der Waals surface area contributed by atoms with Crippen molar-refractivity contribution >= 4 is 12.4 Å². The number of halogens is 3. The minimum absolute atomic E-state index is 0.